The Kier molecular flexibility index (Phi) is 8.38. The lowest BCUT2D eigenvalue weighted by atomic mass is 10.0. The fourth-order valence-corrected chi connectivity index (χ4v) is 2.44. The van der Waals surface area contributed by atoms with E-state index >= 15 is 0 Å². The number of nitrogens with zero attached hydrogens (tertiary/aromatic N) is 2. The minimum atomic E-state index is -3.18. The van der Waals surface area contributed by atoms with Crippen LogP contribution in [0.3, 0.4) is 0 Å². The third-order valence-corrected chi connectivity index (χ3v) is 4.05. The highest BCUT2D eigenvalue weighted by atomic mass is 19.3. The predicted octanol–water partition coefficient (Wildman–Crippen LogP) is 2.15. The molecule has 0 radical (unpaired) electrons. The molecule has 10 heteroatoms. The van der Waals surface area contributed by atoms with Crippen molar-refractivity contribution in [3.05, 3.63) is 46.5 Å². The van der Waals surface area contributed by atoms with E-state index in [-0.39, 0.29) is 22.7 Å². The molecule has 0 aliphatic rings. The quantitative estimate of drug-likeness (QED) is 0.226. The highest BCUT2D eigenvalue weighted by Crippen LogP contribution is 2.29. The summed E-state index contributed by atoms with van der Waals surface area (Å²) in [5.41, 5.74) is -0.983. The van der Waals surface area contributed by atoms with Crippen LogP contribution in [0, 0.1) is 11.2 Å². The number of alkyl halides is 2. The number of carbonyl (C=O) groups excluding carboxylic acids is 1. The van der Waals surface area contributed by atoms with Crippen molar-refractivity contribution in [1.82, 2.24) is 15.5 Å². The van der Waals surface area contributed by atoms with Gasteiger partial charge in [-0.15, -0.1) is 0 Å². The summed E-state index contributed by atoms with van der Waals surface area (Å²) in [6, 6.07) is 2.33. The minimum absolute atomic E-state index is 0.0716. The first-order valence-corrected chi connectivity index (χ1v) is 8.72. The average molecular weight is 413 g/mol. The lowest BCUT2D eigenvalue weighted by Gasteiger charge is -2.22. The average Bonchev–Trinajstić information content (AvgIpc) is 2.64. The van der Waals surface area contributed by atoms with Gasteiger partial charge in [0.2, 0.25) is 0 Å². The van der Waals surface area contributed by atoms with Gasteiger partial charge in [-0.2, -0.15) is 4.99 Å². The highest BCUT2D eigenvalue weighted by Gasteiger charge is 2.26. The molecule has 160 valence electrons. The molecule has 0 bridgehead atoms. The zero-order valence-corrected chi connectivity index (χ0v) is 17.0. The van der Waals surface area contributed by atoms with Crippen LogP contribution in [-0.2, 0) is 10.7 Å². The molecular weight excluding hydrogens is 387 g/mol. The van der Waals surface area contributed by atoms with Crippen molar-refractivity contribution in [1.29, 1.82) is 5.41 Å². The van der Waals surface area contributed by atoms with Gasteiger partial charge in [0.25, 0.3) is 5.92 Å². The second kappa shape index (κ2) is 10.1. The van der Waals surface area contributed by atoms with Crippen molar-refractivity contribution in [3.63, 3.8) is 0 Å². The number of rotatable bonds is 8. The Balaban J connectivity index is 3.41. The molecule has 0 amide bonds. The van der Waals surface area contributed by atoms with Crippen LogP contribution in [0.25, 0.3) is 0 Å². The maximum Gasteiger partial charge on any atom is 0.270 e. The Hall–Kier alpha value is -2.88. The number of aliphatic hydroxyl groups is 1. The number of benzene rings is 1. The highest BCUT2D eigenvalue weighted by molar-refractivity contribution is 6.14. The summed E-state index contributed by atoms with van der Waals surface area (Å²) >= 11 is 0. The summed E-state index contributed by atoms with van der Waals surface area (Å²) < 4.78 is 41.3. The summed E-state index contributed by atoms with van der Waals surface area (Å²) in [7, 11) is 4.98. The van der Waals surface area contributed by atoms with E-state index in [1.165, 1.54) is 6.07 Å². The van der Waals surface area contributed by atoms with Gasteiger partial charge in [0.05, 0.1) is 23.9 Å². The number of hydrogen-bond donors (Lipinski definition) is 4. The Morgan fingerprint density at radius 2 is 2.03 bits per heavy atom. The second-order valence-electron chi connectivity index (χ2n) is 6.59. The van der Waals surface area contributed by atoms with E-state index in [0.29, 0.717) is 19.2 Å². The van der Waals surface area contributed by atoms with E-state index in [2.05, 4.69) is 15.6 Å². The van der Waals surface area contributed by atoms with Crippen LogP contribution in [0.1, 0.15) is 31.0 Å². The lowest BCUT2D eigenvalue weighted by Crippen LogP contribution is -2.35. The molecule has 0 saturated heterocycles. The number of aliphatic hydroxyl groups excluding tert-OH is 1. The monoisotopic (exact) mass is 413 g/mol. The van der Waals surface area contributed by atoms with Crippen molar-refractivity contribution in [2.24, 2.45) is 4.99 Å². The van der Waals surface area contributed by atoms with Crippen LogP contribution in [-0.4, -0.2) is 55.7 Å². The lowest BCUT2D eigenvalue weighted by molar-refractivity contribution is -0.104. The predicted molar refractivity (Wildman–Crippen MR) is 106 cm³/mol. The van der Waals surface area contributed by atoms with Crippen LogP contribution < -0.4 is 10.6 Å². The van der Waals surface area contributed by atoms with Gasteiger partial charge >= 0.3 is 0 Å². The summed E-state index contributed by atoms with van der Waals surface area (Å²) in [6.45, 7) is 1.53. The SMILES string of the molecule is CN/C(=N\C(NC(C)c1ccc(C(C)(F)F)cc1F)=C(/C=O)C(=N)CO)N(C)C. The molecule has 0 saturated carbocycles. The van der Waals surface area contributed by atoms with Crippen LogP contribution in [0.5, 0.6) is 0 Å². The van der Waals surface area contributed by atoms with Crippen molar-refractivity contribution in [3.8, 4) is 0 Å². The molecule has 4 N–H and O–H groups in total. The normalized spacial score (nSPS) is 14.0. The van der Waals surface area contributed by atoms with Crippen molar-refractivity contribution < 1.29 is 23.1 Å². The zero-order chi connectivity index (χ0) is 22.4. The number of aldehydes is 1. The van der Waals surface area contributed by atoms with Gasteiger partial charge in [0.1, 0.15) is 11.6 Å². The maximum atomic E-state index is 14.4. The molecule has 1 aromatic carbocycles. The summed E-state index contributed by atoms with van der Waals surface area (Å²) in [4.78, 5) is 17.4. The molecule has 1 rings (SSSR count). The smallest absolute Gasteiger partial charge is 0.270 e. The largest absolute Gasteiger partial charge is 0.390 e. The summed E-state index contributed by atoms with van der Waals surface area (Å²) in [5, 5.41) is 22.7. The van der Waals surface area contributed by atoms with Crippen LogP contribution in [0.2, 0.25) is 0 Å². The maximum absolute atomic E-state index is 14.4. The van der Waals surface area contributed by atoms with E-state index in [1.807, 2.05) is 0 Å². The van der Waals surface area contributed by atoms with Gasteiger partial charge in [-0.1, -0.05) is 12.1 Å². The Labute approximate surface area is 167 Å². The van der Waals surface area contributed by atoms with Crippen LogP contribution in [0.15, 0.2) is 34.6 Å². The molecule has 0 spiro atoms. The number of halogens is 3. The number of carbonyl (C=O) groups is 1. The summed E-state index contributed by atoms with van der Waals surface area (Å²) in [6.07, 6.45) is 0.358. The van der Waals surface area contributed by atoms with Gasteiger partial charge in [-0.25, -0.2) is 13.2 Å². The first-order valence-electron chi connectivity index (χ1n) is 8.72. The van der Waals surface area contributed by atoms with Gasteiger partial charge in [-0.3, -0.25) is 4.79 Å². The molecule has 0 aromatic heterocycles. The molecule has 0 aliphatic heterocycles. The molecular formula is C19H26F3N5O2. The Bertz CT molecular complexity index is 817. The number of guanidine groups is 1. The zero-order valence-electron chi connectivity index (χ0n) is 17.0. The molecule has 0 fully saturated rings. The topological polar surface area (TPSA) is 101 Å². The van der Waals surface area contributed by atoms with Gasteiger partial charge in [0.15, 0.2) is 12.2 Å². The molecule has 0 aliphatic carbocycles. The number of aliphatic imine (C=N–C) groups is 1. The van der Waals surface area contributed by atoms with E-state index in [4.69, 9.17) is 5.41 Å². The number of hydrogen-bond acceptors (Lipinski definition) is 5. The standard InChI is InChI=1S/C19H26F3N5O2/c1-11(13-7-6-12(8-15(13)20)19(2,21)22)25-17(14(9-28)16(23)10-29)26-18(24-3)27(4)5/h6-9,11,23,25,29H,10H2,1-5H3,(H,24,26)/b17-14+,23-16?. The molecule has 7 nitrogen and oxygen atoms in total. The first-order chi connectivity index (χ1) is 13.5. The number of nitrogens with one attached hydrogen (secondary N) is 3. The Morgan fingerprint density at radius 1 is 1.41 bits per heavy atom. The van der Waals surface area contributed by atoms with Crippen molar-refractivity contribution in [2.75, 3.05) is 27.7 Å². The Morgan fingerprint density at radius 3 is 2.45 bits per heavy atom. The fourth-order valence-electron chi connectivity index (χ4n) is 2.44. The molecule has 1 atom stereocenters. The second-order valence-corrected chi connectivity index (χ2v) is 6.59. The molecule has 29 heavy (non-hydrogen) atoms. The van der Waals surface area contributed by atoms with E-state index in [0.717, 1.165) is 12.1 Å². The van der Waals surface area contributed by atoms with Crippen LogP contribution >= 0.6 is 0 Å². The molecule has 1 aromatic rings. The third-order valence-electron chi connectivity index (χ3n) is 4.05. The summed E-state index contributed by atoms with van der Waals surface area (Å²) in [5.74, 6) is -3.78. The minimum Gasteiger partial charge on any atom is -0.390 e. The van der Waals surface area contributed by atoms with Gasteiger partial charge in [-0.05, 0) is 13.0 Å². The van der Waals surface area contributed by atoms with Crippen molar-refractivity contribution in [2.45, 2.75) is 25.8 Å². The third kappa shape index (κ3) is 6.31. The first kappa shape index (κ1) is 24.2. The van der Waals surface area contributed by atoms with Crippen LogP contribution in [0.4, 0.5) is 13.2 Å². The van der Waals surface area contributed by atoms with Gasteiger partial charge < -0.3 is 26.0 Å². The van der Waals surface area contributed by atoms with Gasteiger partial charge in [0, 0.05) is 39.2 Å². The van der Waals surface area contributed by atoms with Crippen molar-refractivity contribution >= 4 is 18.0 Å². The van der Waals surface area contributed by atoms with E-state index in [9.17, 15) is 23.1 Å². The van der Waals surface area contributed by atoms with E-state index < -0.39 is 30.0 Å². The molecule has 1 unspecified atom stereocenters. The molecule has 0 heterocycles. The fraction of sp³-hybridized carbons (Fsp3) is 0.421. The van der Waals surface area contributed by atoms with E-state index in [1.54, 1.807) is 33.0 Å².